The molecule has 47 heavy (non-hydrogen) atoms. The van der Waals surface area contributed by atoms with Gasteiger partial charge in [0.2, 0.25) is 5.91 Å². The van der Waals surface area contributed by atoms with Crippen molar-refractivity contribution in [1.82, 2.24) is 14.7 Å². The predicted octanol–water partition coefficient (Wildman–Crippen LogP) is 6.54. The minimum absolute atomic E-state index is 0.0144. The van der Waals surface area contributed by atoms with Gasteiger partial charge in [-0.15, -0.1) is 0 Å². The van der Waals surface area contributed by atoms with Crippen LogP contribution in [-0.2, 0) is 16.0 Å². The molecular weight excluding hydrogens is 635 g/mol. The Hall–Kier alpha value is -3.76. The molecule has 2 aliphatic rings. The summed E-state index contributed by atoms with van der Waals surface area (Å²) < 4.78 is 5.20. The zero-order chi connectivity index (χ0) is 33.2. The molecule has 0 radical (unpaired) electrons. The van der Waals surface area contributed by atoms with Crippen LogP contribution in [0.5, 0.6) is 0 Å². The fourth-order valence-corrected chi connectivity index (χ4v) is 6.52. The fraction of sp³-hybridized carbons (Fsp3) is 0.389. The normalized spacial score (nSPS) is 15.4. The monoisotopic (exact) mass is 678 g/mol. The SMILES string of the molecule is C=C(c1cc(Cl)c(NC(=O)N2CCN(c3ccc(NC(=O)CCCc4ccccc4)cc3)CC2)c(Cl)c1)N1CCN(CCOC)CC1. The predicted molar refractivity (Wildman–Crippen MR) is 193 cm³/mol. The number of rotatable bonds is 12. The van der Waals surface area contributed by atoms with Crippen molar-refractivity contribution >= 4 is 57.9 Å². The van der Waals surface area contributed by atoms with Crippen LogP contribution >= 0.6 is 23.2 Å². The van der Waals surface area contributed by atoms with Gasteiger partial charge in [0.05, 0.1) is 22.3 Å². The molecule has 250 valence electrons. The molecular formula is C36H44Cl2N6O3. The number of carbonyl (C=O) groups excluding carboxylic acids is 2. The highest BCUT2D eigenvalue weighted by Gasteiger charge is 2.24. The van der Waals surface area contributed by atoms with E-state index in [1.165, 1.54) is 5.56 Å². The third-order valence-corrected chi connectivity index (χ3v) is 9.36. The average Bonchev–Trinajstić information content (AvgIpc) is 3.09. The van der Waals surface area contributed by atoms with E-state index >= 15 is 0 Å². The van der Waals surface area contributed by atoms with Crippen molar-refractivity contribution in [3.05, 3.63) is 94.5 Å². The molecule has 2 N–H and O–H groups in total. The third-order valence-electron chi connectivity index (χ3n) is 8.77. The van der Waals surface area contributed by atoms with Crippen molar-refractivity contribution in [2.75, 3.05) is 88.2 Å². The maximum atomic E-state index is 13.2. The highest BCUT2D eigenvalue weighted by molar-refractivity contribution is 6.40. The number of urea groups is 1. The molecule has 9 nitrogen and oxygen atoms in total. The molecule has 0 atom stereocenters. The quantitative estimate of drug-likeness (QED) is 0.226. The zero-order valence-corrected chi connectivity index (χ0v) is 28.5. The molecule has 11 heteroatoms. The van der Waals surface area contributed by atoms with E-state index in [1.54, 1.807) is 12.0 Å². The van der Waals surface area contributed by atoms with Gasteiger partial charge in [0.15, 0.2) is 0 Å². The molecule has 0 aliphatic carbocycles. The van der Waals surface area contributed by atoms with Crippen molar-refractivity contribution in [3.63, 3.8) is 0 Å². The lowest BCUT2D eigenvalue weighted by Crippen LogP contribution is -2.50. The van der Waals surface area contributed by atoms with E-state index in [0.29, 0.717) is 48.3 Å². The molecule has 2 aliphatic heterocycles. The number of nitrogens with zero attached hydrogens (tertiary/aromatic N) is 4. The van der Waals surface area contributed by atoms with Gasteiger partial charge in [-0.25, -0.2) is 4.79 Å². The number of nitrogens with one attached hydrogen (secondary N) is 2. The van der Waals surface area contributed by atoms with Gasteiger partial charge in [0.25, 0.3) is 0 Å². The van der Waals surface area contributed by atoms with E-state index in [0.717, 1.165) is 74.8 Å². The number of benzene rings is 3. The van der Waals surface area contributed by atoms with Crippen LogP contribution in [0.25, 0.3) is 5.70 Å². The number of hydrogen-bond acceptors (Lipinski definition) is 6. The van der Waals surface area contributed by atoms with Gasteiger partial charge in [-0.1, -0.05) is 60.1 Å². The molecule has 2 heterocycles. The minimum Gasteiger partial charge on any atom is -0.383 e. The van der Waals surface area contributed by atoms with Crippen LogP contribution < -0.4 is 15.5 Å². The van der Waals surface area contributed by atoms with Gasteiger partial charge < -0.3 is 30.1 Å². The van der Waals surface area contributed by atoms with Crippen molar-refractivity contribution in [2.24, 2.45) is 0 Å². The van der Waals surface area contributed by atoms with Crippen molar-refractivity contribution in [1.29, 1.82) is 0 Å². The molecule has 0 spiro atoms. The second-order valence-electron chi connectivity index (χ2n) is 11.9. The molecule has 5 rings (SSSR count). The largest absolute Gasteiger partial charge is 0.383 e. The van der Waals surface area contributed by atoms with E-state index in [2.05, 4.69) is 44.0 Å². The summed E-state index contributed by atoms with van der Waals surface area (Å²) >= 11 is 13.3. The first-order valence-electron chi connectivity index (χ1n) is 16.2. The van der Waals surface area contributed by atoms with Crippen LogP contribution in [0.15, 0.2) is 73.3 Å². The van der Waals surface area contributed by atoms with Crippen LogP contribution in [0, 0.1) is 0 Å². The highest BCUT2D eigenvalue weighted by Crippen LogP contribution is 2.35. The Bertz CT molecular complexity index is 1480. The first-order chi connectivity index (χ1) is 22.8. The number of piperazine rings is 2. The van der Waals surface area contributed by atoms with E-state index in [1.807, 2.05) is 54.6 Å². The fourth-order valence-electron chi connectivity index (χ4n) is 5.93. The molecule has 0 unspecified atom stereocenters. The zero-order valence-electron chi connectivity index (χ0n) is 27.0. The molecule has 3 aromatic carbocycles. The van der Waals surface area contributed by atoms with E-state index in [4.69, 9.17) is 27.9 Å². The summed E-state index contributed by atoms with van der Waals surface area (Å²) in [4.78, 5) is 34.2. The second kappa shape index (κ2) is 16.9. The van der Waals surface area contributed by atoms with Crippen LogP contribution in [0.2, 0.25) is 10.0 Å². The Morgan fingerprint density at radius 2 is 1.47 bits per heavy atom. The Labute approximate surface area is 288 Å². The van der Waals surface area contributed by atoms with Gasteiger partial charge >= 0.3 is 6.03 Å². The summed E-state index contributed by atoms with van der Waals surface area (Å²) in [6.07, 6.45) is 2.16. The van der Waals surface area contributed by atoms with Crippen LogP contribution in [0.4, 0.5) is 21.9 Å². The van der Waals surface area contributed by atoms with E-state index < -0.39 is 0 Å². The summed E-state index contributed by atoms with van der Waals surface area (Å²) in [5.74, 6) is 0.0144. The Kier molecular flexibility index (Phi) is 12.4. The van der Waals surface area contributed by atoms with E-state index in [-0.39, 0.29) is 11.9 Å². The number of hydrogen-bond donors (Lipinski definition) is 2. The number of amides is 3. The third kappa shape index (κ3) is 9.64. The van der Waals surface area contributed by atoms with Crippen molar-refractivity contribution in [2.45, 2.75) is 19.3 Å². The summed E-state index contributed by atoms with van der Waals surface area (Å²) in [5.41, 5.74) is 5.17. The number of carbonyl (C=O) groups is 2. The molecule has 0 saturated carbocycles. The summed E-state index contributed by atoms with van der Waals surface area (Å²) in [7, 11) is 1.72. The molecule has 3 amide bonds. The molecule has 2 saturated heterocycles. The standard InChI is InChI=1S/C36H44Cl2N6O3/c1-27(42-17-15-41(16-18-42)23-24-47-2)29-25-32(37)35(33(38)26-29)40-36(46)44-21-19-43(20-22-44)31-13-11-30(12-14-31)39-34(45)10-6-9-28-7-4-3-5-8-28/h3-5,7-8,11-14,25-26H,1,6,9-10,15-24H2,2H3,(H,39,45)(H,40,46). The molecule has 3 aromatic rings. The molecule has 0 bridgehead atoms. The van der Waals surface area contributed by atoms with Gasteiger partial charge in [0.1, 0.15) is 0 Å². The Balaban J connectivity index is 1.06. The number of halogens is 2. The van der Waals surface area contributed by atoms with Gasteiger partial charge in [-0.05, 0) is 54.8 Å². The summed E-state index contributed by atoms with van der Waals surface area (Å²) in [6, 6.07) is 21.5. The first-order valence-corrected chi connectivity index (χ1v) is 17.0. The number of aryl methyl sites for hydroxylation is 1. The topological polar surface area (TPSA) is 80.4 Å². The van der Waals surface area contributed by atoms with Gasteiger partial charge in [0, 0.05) is 95.1 Å². The lowest BCUT2D eigenvalue weighted by molar-refractivity contribution is -0.116. The number of anilines is 3. The molecule has 2 fully saturated rings. The maximum absolute atomic E-state index is 13.2. The second-order valence-corrected chi connectivity index (χ2v) is 12.7. The maximum Gasteiger partial charge on any atom is 0.322 e. The lowest BCUT2D eigenvalue weighted by Gasteiger charge is -2.37. The van der Waals surface area contributed by atoms with Crippen LogP contribution in [-0.4, -0.2) is 99.3 Å². The lowest BCUT2D eigenvalue weighted by atomic mass is 10.1. The Morgan fingerprint density at radius 1 is 0.830 bits per heavy atom. The number of ether oxygens (including phenoxy) is 1. The summed E-state index contributed by atoms with van der Waals surface area (Å²) in [5, 5.41) is 6.67. The first kappa shape index (κ1) is 34.6. The molecule has 0 aromatic heterocycles. The smallest absolute Gasteiger partial charge is 0.322 e. The summed E-state index contributed by atoms with van der Waals surface area (Å²) in [6.45, 7) is 12.0. The highest BCUT2D eigenvalue weighted by atomic mass is 35.5. The van der Waals surface area contributed by atoms with Crippen LogP contribution in [0.3, 0.4) is 0 Å². The Morgan fingerprint density at radius 3 is 2.11 bits per heavy atom. The van der Waals surface area contributed by atoms with Gasteiger partial charge in [-0.2, -0.15) is 0 Å². The van der Waals surface area contributed by atoms with Crippen molar-refractivity contribution in [3.8, 4) is 0 Å². The van der Waals surface area contributed by atoms with E-state index in [9.17, 15) is 9.59 Å². The van der Waals surface area contributed by atoms with Gasteiger partial charge in [-0.3, -0.25) is 9.69 Å². The average molecular weight is 680 g/mol. The minimum atomic E-state index is -0.238. The number of methoxy groups -OCH3 is 1. The van der Waals surface area contributed by atoms with Crippen molar-refractivity contribution < 1.29 is 14.3 Å². The van der Waals surface area contributed by atoms with Crippen LogP contribution in [0.1, 0.15) is 24.0 Å².